The highest BCUT2D eigenvalue weighted by Gasteiger charge is 1.83. The average Bonchev–Trinajstić information content (AvgIpc) is 1.97. The normalized spacial score (nSPS) is 11.0. The topological polar surface area (TPSA) is 0 Å². The highest BCUT2D eigenvalue weighted by molar-refractivity contribution is 7.98. The summed E-state index contributed by atoms with van der Waals surface area (Å²) in [5.74, 6) is 1.30. The van der Waals surface area contributed by atoms with Gasteiger partial charge in [-0.1, -0.05) is 12.2 Å². The molecule has 0 aromatic rings. The van der Waals surface area contributed by atoms with Crippen LogP contribution in [0.25, 0.3) is 0 Å². The van der Waals surface area contributed by atoms with Crippen LogP contribution in [0.3, 0.4) is 0 Å². The van der Waals surface area contributed by atoms with Crippen LogP contribution in [0.2, 0.25) is 0 Å². The van der Waals surface area contributed by atoms with E-state index < -0.39 is 0 Å². The zero-order chi connectivity index (χ0) is 7.66. The minimum Gasteiger partial charge on any atom is -0.165 e. The molecule has 10 heavy (non-hydrogen) atoms. The highest BCUT2D eigenvalue weighted by Crippen LogP contribution is 2.02. The molecular weight excluding hydrogens is 140 g/mol. The number of thioether (sulfide) groups is 1. The van der Waals surface area contributed by atoms with Crippen molar-refractivity contribution < 1.29 is 0 Å². The number of rotatable bonds is 6. The fourth-order valence-electron chi connectivity index (χ4n) is 0.744. The first-order chi connectivity index (χ1) is 4.91. The molecular formula is C9H17S. The van der Waals surface area contributed by atoms with Gasteiger partial charge < -0.3 is 0 Å². The van der Waals surface area contributed by atoms with Crippen LogP contribution in [0.4, 0.5) is 0 Å². The molecule has 0 N–H and O–H groups in total. The predicted octanol–water partition coefficient (Wildman–Crippen LogP) is 3.30. The van der Waals surface area contributed by atoms with Gasteiger partial charge in [-0.15, -0.1) is 0 Å². The minimum atomic E-state index is 0.933. The van der Waals surface area contributed by atoms with Crippen molar-refractivity contribution in [1.82, 2.24) is 0 Å². The largest absolute Gasteiger partial charge is 0.165 e. The molecule has 0 aliphatic heterocycles. The Morgan fingerprint density at radius 3 is 2.70 bits per heavy atom. The van der Waals surface area contributed by atoms with Crippen molar-refractivity contribution in [2.24, 2.45) is 0 Å². The van der Waals surface area contributed by atoms with Crippen molar-refractivity contribution in [3.63, 3.8) is 0 Å². The van der Waals surface area contributed by atoms with Crippen molar-refractivity contribution in [3.05, 3.63) is 19.1 Å². The van der Waals surface area contributed by atoms with Crippen molar-refractivity contribution in [1.29, 1.82) is 0 Å². The summed E-state index contributed by atoms with van der Waals surface area (Å²) in [4.78, 5) is 0. The Morgan fingerprint density at radius 2 is 2.10 bits per heavy atom. The Labute approximate surface area is 69.1 Å². The molecule has 0 aromatic carbocycles. The molecule has 0 heterocycles. The Hall–Kier alpha value is 0.0900. The maximum Gasteiger partial charge on any atom is -0.00702 e. The summed E-state index contributed by atoms with van der Waals surface area (Å²) in [5, 5.41) is 0. The van der Waals surface area contributed by atoms with E-state index in [1.165, 1.54) is 25.0 Å². The molecule has 0 aliphatic rings. The first-order valence-electron chi connectivity index (χ1n) is 3.85. The smallest absolute Gasteiger partial charge is 0.00702 e. The van der Waals surface area contributed by atoms with Gasteiger partial charge in [0.2, 0.25) is 0 Å². The van der Waals surface area contributed by atoms with Gasteiger partial charge in [-0.05, 0) is 44.6 Å². The SMILES string of the molecule is [CH2]CC=CCCCCSC. The van der Waals surface area contributed by atoms with Gasteiger partial charge >= 0.3 is 0 Å². The fraction of sp³-hybridized carbons (Fsp3) is 0.667. The molecule has 0 nitrogen and oxygen atoms in total. The van der Waals surface area contributed by atoms with Gasteiger partial charge in [-0.2, -0.15) is 11.8 Å². The molecule has 0 aromatic heterocycles. The Kier molecular flexibility index (Phi) is 9.17. The third-order valence-electron chi connectivity index (χ3n) is 1.30. The van der Waals surface area contributed by atoms with E-state index in [0.29, 0.717) is 0 Å². The van der Waals surface area contributed by atoms with Gasteiger partial charge in [0.05, 0.1) is 0 Å². The van der Waals surface area contributed by atoms with Crippen LogP contribution >= 0.6 is 11.8 Å². The standard InChI is InChI=1S/C9H17S/c1-3-4-5-6-7-8-9-10-2/h4-5H,1,3,6-9H2,2H3. The predicted molar refractivity (Wildman–Crippen MR) is 51.3 cm³/mol. The third kappa shape index (κ3) is 8.09. The molecule has 0 saturated carbocycles. The van der Waals surface area contributed by atoms with Gasteiger partial charge in [-0.3, -0.25) is 0 Å². The second-order valence-corrected chi connectivity index (χ2v) is 3.23. The number of allylic oxidation sites excluding steroid dienone is 2. The minimum absolute atomic E-state index is 0.933. The molecule has 0 spiro atoms. The van der Waals surface area contributed by atoms with E-state index >= 15 is 0 Å². The lowest BCUT2D eigenvalue weighted by atomic mass is 10.2. The Morgan fingerprint density at radius 1 is 1.30 bits per heavy atom. The molecule has 0 rings (SSSR count). The lowest BCUT2D eigenvalue weighted by Crippen LogP contribution is -1.76. The van der Waals surface area contributed by atoms with Crippen molar-refractivity contribution >= 4 is 11.8 Å². The van der Waals surface area contributed by atoms with E-state index in [9.17, 15) is 0 Å². The Balaban J connectivity index is 2.83. The molecule has 1 heteroatoms. The highest BCUT2D eigenvalue weighted by atomic mass is 32.2. The van der Waals surface area contributed by atoms with Crippen LogP contribution in [0.1, 0.15) is 25.7 Å². The molecule has 1 radical (unpaired) electrons. The number of unbranched alkanes of at least 4 members (excludes halogenated alkanes) is 2. The van der Waals surface area contributed by atoms with Gasteiger partial charge in [0.25, 0.3) is 0 Å². The lowest BCUT2D eigenvalue weighted by Gasteiger charge is -1.92. The number of hydrogen-bond donors (Lipinski definition) is 0. The van der Waals surface area contributed by atoms with E-state index in [0.717, 1.165) is 6.42 Å². The van der Waals surface area contributed by atoms with E-state index in [1.54, 1.807) is 0 Å². The van der Waals surface area contributed by atoms with E-state index in [2.05, 4.69) is 25.3 Å². The van der Waals surface area contributed by atoms with Crippen LogP contribution in [0.5, 0.6) is 0 Å². The summed E-state index contributed by atoms with van der Waals surface area (Å²) in [5.41, 5.74) is 0. The summed E-state index contributed by atoms with van der Waals surface area (Å²) in [7, 11) is 0. The fourth-order valence-corrected chi connectivity index (χ4v) is 1.24. The summed E-state index contributed by atoms with van der Waals surface area (Å²) in [6.07, 6.45) is 11.4. The maximum atomic E-state index is 3.73. The van der Waals surface area contributed by atoms with Gasteiger partial charge in [0.15, 0.2) is 0 Å². The summed E-state index contributed by atoms with van der Waals surface area (Å²) >= 11 is 1.93. The first-order valence-corrected chi connectivity index (χ1v) is 5.24. The molecule has 0 unspecified atom stereocenters. The zero-order valence-corrected chi connectivity index (χ0v) is 7.62. The molecule has 0 atom stereocenters. The first kappa shape index (κ1) is 10.1. The quantitative estimate of drug-likeness (QED) is 0.421. The van der Waals surface area contributed by atoms with Crippen molar-refractivity contribution in [2.75, 3.05) is 12.0 Å². The second kappa shape index (κ2) is 9.09. The van der Waals surface area contributed by atoms with Crippen molar-refractivity contribution in [2.45, 2.75) is 25.7 Å². The Bertz CT molecular complexity index is 76.8. The molecule has 0 aliphatic carbocycles. The average molecular weight is 157 g/mol. The molecule has 0 bridgehead atoms. The number of hydrogen-bond acceptors (Lipinski definition) is 1. The molecule has 0 amide bonds. The summed E-state index contributed by atoms with van der Waals surface area (Å²) in [6, 6.07) is 0. The summed E-state index contributed by atoms with van der Waals surface area (Å²) in [6.45, 7) is 3.73. The molecule has 0 saturated heterocycles. The zero-order valence-electron chi connectivity index (χ0n) is 6.81. The van der Waals surface area contributed by atoms with Crippen LogP contribution in [0.15, 0.2) is 12.2 Å². The van der Waals surface area contributed by atoms with Crippen LogP contribution < -0.4 is 0 Å². The molecule has 59 valence electrons. The maximum absolute atomic E-state index is 3.73. The van der Waals surface area contributed by atoms with Crippen LogP contribution in [-0.2, 0) is 0 Å². The van der Waals surface area contributed by atoms with E-state index in [4.69, 9.17) is 0 Å². The van der Waals surface area contributed by atoms with Gasteiger partial charge in [0, 0.05) is 0 Å². The third-order valence-corrected chi connectivity index (χ3v) is 2.00. The van der Waals surface area contributed by atoms with E-state index in [-0.39, 0.29) is 0 Å². The molecule has 0 fully saturated rings. The van der Waals surface area contributed by atoms with Gasteiger partial charge in [0.1, 0.15) is 0 Å². The summed E-state index contributed by atoms with van der Waals surface area (Å²) < 4.78 is 0. The van der Waals surface area contributed by atoms with Gasteiger partial charge in [-0.25, -0.2) is 0 Å². The lowest BCUT2D eigenvalue weighted by molar-refractivity contribution is 0.822. The second-order valence-electron chi connectivity index (χ2n) is 2.25. The van der Waals surface area contributed by atoms with Crippen molar-refractivity contribution in [3.8, 4) is 0 Å². The van der Waals surface area contributed by atoms with Crippen LogP contribution in [0, 0.1) is 6.92 Å². The van der Waals surface area contributed by atoms with E-state index in [1.807, 2.05) is 11.8 Å². The monoisotopic (exact) mass is 157 g/mol. The van der Waals surface area contributed by atoms with Crippen LogP contribution in [-0.4, -0.2) is 12.0 Å².